The number of benzene rings is 3. The molecule has 7 nitrogen and oxygen atoms in total. The summed E-state index contributed by atoms with van der Waals surface area (Å²) in [6.07, 6.45) is 0. The molecule has 0 bridgehead atoms. The molecule has 0 saturated carbocycles. The summed E-state index contributed by atoms with van der Waals surface area (Å²) in [4.78, 5) is 23.6. The van der Waals surface area contributed by atoms with Gasteiger partial charge in [-0.3, -0.25) is 10.0 Å². The summed E-state index contributed by atoms with van der Waals surface area (Å²) in [5, 5.41) is 14.0. The number of urea groups is 1. The maximum absolute atomic E-state index is 12.3. The number of methoxy groups -OCH3 is 1. The second-order valence-corrected chi connectivity index (χ2v) is 5.88. The van der Waals surface area contributed by atoms with Gasteiger partial charge in [-0.05, 0) is 47.5 Å². The van der Waals surface area contributed by atoms with Gasteiger partial charge in [-0.1, -0.05) is 36.4 Å². The summed E-state index contributed by atoms with van der Waals surface area (Å²) in [6, 6.07) is 21.0. The molecule has 0 fully saturated rings. The molecule has 4 N–H and O–H groups in total. The van der Waals surface area contributed by atoms with Gasteiger partial charge in [-0.25, -0.2) is 10.3 Å². The fraction of sp³-hybridized carbons (Fsp3) is 0.0476. The van der Waals surface area contributed by atoms with Crippen LogP contribution in [0.3, 0.4) is 0 Å². The highest BCUT2D eigenvalue weighted by atomic mass is 16.5. The monoisotopic (exact) mass is 377 g/mol. The Hall–Kier alpha value is -3.84. The second kappa shape index (κ2) is 8.70. The first-order valence-corrected chi connectivity index (χ1v) is 8.46. The summed E-state index contributed by atoms with van der Waals surface area (Å²) in [5.74, 6) is -0.0919. The molecule has 0 spiro atoms. The number of nitrogens with one attached hydrogen (secondary N) is 3. The van der Waals surface area contributed by atoms with E-state index in [0.29, 0.717) is 17.1 Å². The van der Waals surface area contributed by atoms with E-state index in [9.17, 15) is 9.59 Å². The lowest BCUT2D eigenvalue weighted by atomic mass is 10.0. The predicted molar refractivity (Wildman–Crippen MR) is 107 cm³/mol. The van der Waals surface area contributed by atoms with Crippen molar-refractivity contribution in [3.63, 3.8) is 0 Å². The zero-order valence-electron chi connectivity index (χ0n) is 15.1. The lowest BCUT2D eigenvalue weighted by molar-refractivity contribution is 0.0706. The lowest BCUT2D eigenvalue weighted by Crippen LogP contribution is -2.20. The van der Waals surface area contributed by atoms with E-state index in [1.54, 1.807) is 23.7 Å². The maximum Gasteiger partial charge on any atom is 0.323 e. The standard InChI is InChI=1S/C21H19N3O4/c1-28-19-13-16(14-5-3-2-4-6-14)9-12-18(19)23-21(26)22-17-10-7-15(8-11-17)20(25)24-27/h2-13,27H,1H3,(H,24,25)(H2,22,23,26). The zero-order chi connectivity index (χ0) is 19.9. The molecule has 0 unspecified atom stereocenters. The maximum atomic E-state index is 12.3. The van der Waals surface area contributed by atoms with Crippen LogP contribution in [-0.2, 0) is 0 Å². The minimum atomic E-state index is -0.626. The Morgan fingerprint density at radius 3 is 2.21 bits per heavy atom. The number of hydroxylamine groups is 1. The molecule has 0 saturated heterocycles. The number of hydrogen-bond donors (Lipinski definition) is 4. The Kier molecular flexibility index (Phi) is 5.88. The molecule has 0 aliphatic carbocycles. The number of carbonyl (C=O) groups excluding carboxylic acids is 2. The van der Waals surface area contributed by atoms with Crippen molar-refractivity contribution in [3.8, 4) is 16.9 Å². The van der Waals surface area contributed by atoms with Crippen molar-refractivity contribution >= 4 is 23.3 Å². The van der Waals surface area contributed by atoms with Crippen molar-refractivity contribution in [2.45, 2.75) is 0 Å². The molecule has 0 aliphatic rings. The largest absolute Gasteiger partial charge is 0.495 e. The van der Waals surface area contributed by atoms with Crippen LogP contribution in [0.15, 0.2) is 72.8 Å². The van der Waals surface area contributed by atoms with Gasteiger partial charge in [-0.15, -0.1) is 0 Å². The van der Waals surface area contributed by atoms with Crippen molar-refractivity contribution < 1.29 is 19.5 Å². The molecule has 0 aromatic heterocycles. The van der Waals surface area contributed by atoms with Crippen LogP contribution < -0.4 is 20.9 Å². The van der Waals surface area contributed by atoms with Gasteiger partial charge in [0.2, 0.25) is 0 Å². The smallest absolute Gasteiger partial charge is 0.323 e. The number of carbonyl (C=O) groups is 2. The van der Waals surface area contributed by atoms with Crippen LogP contribution >= 0.6 is 0 Å². The highest BCUT2D eigenvalue weighted by Crippen LogP contribution is 2.30. The average molecular weight is 377 g/mol. The van der Waals surface area contributed by atoms with Crippen LogP contribution in [0, 0.1) is 0 Å². The van der Waals surface area contributed by atoms with Gasteiger partial charge in [0.1, 0.15) is 5.75 Å². The van der Waals surface area contributed by atoms with Gasteiger partial charge in [0.05, 0.1) is 12.8 Å². The number of ether oxygens (including phenoxy) is 1. The molecule has 28 heavy (non-hydrogen) atoms. The van der Waals surface area contributed by atoms with E-state index >= 15 is 0 Å². The Balaban J connectivity index is 1.70. The molecule has 3 rings (SSSR count). The first-order chi connectivity index (χ1) is 13.6. The normalized spacial score (nSPS) is 10.1. The lowest BCUT2D eigenvalue weighted by Gasteiger charge is -2.13. The third kappa shape index (κ3) is 4.46. The zero-order valence-corrected chi connectivity index (χ0v) is 15.1. The summed E-state index contributed by atoms with van der Waals surface area (Å²) >= 11 is 0. The number of amides is 3. The Labute approximate surface area is 161 Å². The fourth-order valence-electron chi connectivity index (χ4n) is 2.66. The SMILES string of the molecule is COc1cc(-c2ccccc2)ccc1NC(=O)Nc1ccc(C(=O)NO)cc1. The molecule has 142 valence electrons. The molecule has 0 heterocycles. The first kappa shape index (κ1) is 18.9. The number of anilines is 2. The van der Waals surface area contributed by atoms with E-state index in [1.165, 1.54) is 19.2 Å². The van der Waals surface area contributed by atoms with Gasteiger partial charge in [0, 0.05) is 11.3 Å². The second-order valence-electron chi connectivity index (χ2n) is 5.88. The average Bonchev–Trinajstić information content (AvgIpc) is 2.74. The third-order valence-corrected chi connectivity index (χ3v) is 4.06. The summed E-state index contributed by atoms with van der Waals surface area (Å²) in [7, 11) is 1.54. The van der Waals surface area contributed by atoms with E-state index in [1.807, 2.05) is 42.5 Å². The highest BCUT2D eigenvalue weighted by molar-refractivity contribution is 6.01. The van der Waals surface area contributed by atoms with E-state index in [-0.39, 0.29) is 5.56 Å². The van der Waals surface area contributed by atoms with E-state index in [2.05, 4.69) is 10.6 Å². The van der Waals surface area contributed by atoms with Gasteiger partial charge < -0.3 is 15.4 Å². The fourth-order valence-corrected chi connectivity index (χ4v) is 2.66. The van der Waals surface area contributed by atoms with E-state index < -0.39 is 11.9 Å². The van der Waals surface area contributed by atoms with Crippen molar-refractivity contribution in [2.75, 3.05) is 17.7 Å². The van der Waals surface area contributed by atoms with Gasteiger partial charge in [0.15, 0.2) is 0 Å². The molecule has 3 aromatic carbocycles. The quantitative estimate of drug-likeness (QED) is 0.397. The van der Waals surface area contributed by atoms with Crippen molar-refractivity contribution in [1.82, 2.24) is 5.48 Å². The Bertz CT molecular complexity index is 973. The molecule has 3 aromatic rings. The van der Waals surface area contributed by atoms with Crippen molar-refractivity contribution in [1.29, 1.82) is 0 Å². The predicted octanol–water partition coefficient (Wildman–Crippen LogP) is 4.13. The summed E-state index contributed by atoms with van der Waals surface area (Å²) in [5.41, 5.74) is 4.86. The van der Waals surface area contributed by atoms with E-state index in [4.69, 9.17) is 9.94 Å². The molecular weight excluding hydrogens is 358 g/mol. The van der Waals surface area contributed by atoms with Crippen LogP contribution in [0.5, 0.6) is 5.75 Å². The van der Waals surface area contributed by atoms with E-state index in [0.717, 1.165) is 11.1 Å². The van der Waals surface area contributed by atoms with Crippen molar-refractivity contribution in [3.05, 3.63) is 78.4 Å². The minimum absolute atomic E-state index is 0.270. The van der Waals surface area contributed by atoms with Crippen LogP contribution in [-0.4, -0.2) is 24.3 Å². The first-order valence-electron chi connectivity index (χ1n) is 8.46. The number of hydrogen-bond acceptors (Lipinski definition) is 4. The highest BCUT2D eigenvalue weighted by Gasteiger charge is 2.10. The van der Waals surface area contributed by atoms with Gasteiger partial charge >= 0.3 is 6.03 Å². The Morgan fingerprint density at radius 1 is 0.857 bits per heavy atom. The number of rotatable bonds is 5. The molecule has 7 heteroatoms. The molecule has 0 aliphatic heterocycles. The summed E-state index contributed by atoms with van der Waals surface area (Å²) in [6.45, 7) is 0. The third-order valence-electron chi connectivity index (χ3n) is 4.06. The minimum Gasteiger partial charge on any atom is -0.495 e. The molecule has 0 atom stereocenters. The van der Waals surface area contributed by atoms with Gasteiger partial charge in [0.25, 0.3) is 5.91 Å². The molecule has 3 amide bonds. The molecule has 0 radical (unpaired) electrons. The molecular formula is C21H19N3O4. The van der Waals surface area contributed by atoms with Crippen LogP contribution in [0.4, 0.5) is 16.2 Å². The van der Waals surface area contributed by atoms with Crippen LogP contribution in [0.2, 0.25) is 0 Å². The van der Waals surface area contributed by atoms with Crippen LogP contribution in [0.25, 0.3) is 11.1 Å². The van der Waals surface area contributed by atoms with Crippen LogP contribution in [0.1, 0.15) is 10.4 Å². The topological polar surface area (TPSA) is 99.7 Å². The van der Waals surface area contributed by atoms with Gasteiger partial charge in [-0.2, -0.15) is 0 Å². The van der Waals surface area contributed by atoms with Crippen molar-refractivity contribution in [2.24, 2.45) is 0 Å². The Morgan fingerprint density at radius 2 is 1.57 bits per heavy atom. The summed E-state index contributed by atoms with van der Waals surface area (Å²) < 4.78 is 5.40.